The molecule has 0 aliphatic carbocycles. The second-order valence-corrected chi connectivity index (χ2v) is 7.80. The Bertz CT molecular complexity index is 640. The zero-order valence-corrected chi connectivity index (χ0v) is 14.9. The topological polar surface area (TPSA) is 72.5 Å². The van der Waals surface area contributed by atoms with Crippen LogP contribution in [0.1, 0.15) is 36.7 Å². The van der Waals surface area contributed by atoms with Crippen LogP contribution in [0.2, 0.25) is 0 Å². The average molecular weight is 345 g/mol. The molecule has 3 aliphatic heterocycles. The van der Waals surface area contributed by atoms with Gasteiger partial charge in [0.25, 0.3) is 5.91 Å². The molecule has 0 bridgehead atoms. The van der Waals surface area contributed by atoms with Gasteiger partial charge in [-0.3, -0.25) is 14.7 Å². The van der Waals surface area contributed by atoms with Crippen LogP contribution in [0, 0.1) is 11.3 Å². The fourth-order valence-electron chi connectivity index (χ4n) is 4.71. The lowest BCUT2D eigenvalue weighted by Crippen LogP contribution is -2.42. The minimum atomic E-state index is -0.388. The monoisotopic (exact) mass is 345 g/mol. The van der Waals surface area contributed by atoms with Crippen LogP contribution in [-0.2, 0) is 4.79 Å². The van der Waals surface area contributed by atoms with Gasteiger partial charge in [-0.1, -0.05) is 6.92 Å². The SMILES string of the molecule is C[C@@H]1CN(C(=O)c2ccn[nH]2)C[C@]12CCN(CCN1CCCC1)C2=O. The van der Waals surface area contributed by atoms with Gasteiger partial charge in [0.2, 0.25) is 5.91 Å². The molecule has 1 aromatic rings. The van der Waals surface area contributed by atoms with Crippen LogP contribution < -0.4 is 0 Å². The van der Waals surface area contributed by atoms with Crippen LogP contribution in [-0.4, -0.2) is 82.5 Å². The van der Waals surface area contributed by atoms with Crippen molar-refractivity contribution in [1.82, 2.24) is 24.9 Å². The number of hydrogen-bond donors (Lipinski definition) is 1. The molecule has 0 aromatic carbocycles. The zero-order chi connectivity index (χ0) is 17.4. The van der Waals surface area contributed by atoms with Gasteiger partial charge in [-0.05, 0) is 44.3 Å². The molecular formula is C18H27N5O2. The molecule has 25 heavy (non-hydrogen) atoms. The van der Waals surface area contributed by atoms with Crippen molar-refractivity contribution >= 4 is 11.8 Å². The maximum Gasteiger partial charge on any atom is 0.271 e. The van der Waals surface area contributed by atoms with Crippen LogP contribution in [0.15, 0.2) is 12.3 Å². The first-order chi connectivity index (χ1) is 12.1. The smallest absolute Gasteiger partial charge is 0.271 e. The molecule has 4 heterocycles. The molecule has 0 unspecified atom stereocenters. The maximum absolute atomic E-state index is 13.1. The van der Waals surface area contributed by atoms with Crippen molar-refractivity contribution < 1.29 is 9.59 Å². The lowest BCUT2D eigenvalue weighted by atomic mass is 9.78. The number of carbonyl (C=O) groups is 2. The summed E-state index contributed by atoms with van der Waals surface area (Å²) in [6.07, 6.45) is 5.00. The van der Waals surface area contributed by atoms with E-state index in [4.69, 9.17) is 0 Å². The molecule has 7 nitrogen and oxygen atoms in total. The summed E-state index contributed by atoms with van der Waals surface area (Å²) in [6.45, 7) is 8.24. The quantitative estimate of drug-likeness (QED) is 0.877. The van der Waals surface area contributed by atoms with Crippen molar-refractivity contribution in [2.45, 2.75) is 26.2 Å². The van der Waals surface area contributed by atoms with Crippen LogP contribution >= 0.6 is 0 Å². The van der Waals surface area contributed by atoms with Crippen molar-refractivity contribution in [3.05, 3.63) is 18.0 Å². The van der Waals surface area contributed by atoms with Crippen LogP contribution in [0.4, 0.5) is 0 Å². The number of rotatable bonds is 4. The van der Waals surface area contributed by atoms with Crippen molar-refractivity contribution in [2.24, 2.45) is 11.3 Å². The van der Waals surface area contributed by atoms with Crippen molar-refractivity contribution in [3.8, 4) is 0 Å². The van der Waals surface area contributed by atoms with Crippen LogP contribution in [0.3, 0.4) is 0 Å². The number of nitrogens with one attached hydrogen (secondary N) is 1. The summed E-state index contributed by atoms with van der Waals surface area (Å²) in [5.74, 6) is 0.396. The molecule has 1 N–H and O–H groups in total. The third-order valence-electron chi connectivity index (χ3n) is 6.35. The van der Waals surface area contributed by atoms with Crippen molar-refractivity contribution in [2.75, 3.05) is 45.8 Å². The minimum absolute atomic E-state index is 0.0514. The second kappa shape index (κ2) is 6.44. The van der Waals surface area contributed by atoms with Crippen molar-refractivity contribution in [1.29, 1.82) is 0 Å². The Morgan fingerprint density at radius 1 is 1.32 bits per heavy atom. The Labute approximate surface area is 148 Å². The van der Waals surface area contributed by atoms with E-state index in [9.17, 15) is 9.59 Å². The van der Waals surface area contributed by atoms with E-state index in [2.05, 4.69) is 22.0 Å². The average Bonchev–Trinajstić information content (AvgIpc) is 3.38. The highest BCUT2D eigenvalue weighted by Crippen LogP contribution is 2.44. The lowest BCUT2D eigenvalue weighted by Gasteiger charge is -2.27. The van der Waals surface area contributed by atoms with E-state index in [0.717, 1.165) is 39.1 Å². The number of likely N-dealkylation sites (tertiary alicyclic amines) is 3. The number of hydrogen-bond acceptors (Lipinski definition) is 4. The van der Waals surface area contributed by atoms with Gasteiger partial charge in [0.1, 0.15) is 5.69 Å². The van der Waals surface area contributed by atoms with Gasteiger partial charge in [-0.15, -0.1) is 0 Å². The molecule has 1 aromatic heterocycles. The standard InChI is InChI=1S/C18H27N5O2/c1-14-12-23(16(24)15-4-6-19-20-15)13-18(14)5-9-22(17(18)25)11-10-21-7-2-3-8-21/h4,6,14H,2-3,5,7-13H2,1H3,(H,19,20)/t14-,18-/m1/s1. The first-order valence-corrected chi connectivity index (χ1v) is 9.40. The number of nitrogens with zero attached hydrogens (tertiary/aromatic N) is 4. The number of carbonyl (C=O) groups excluding carboxylic acids is 2. The first kappa shape index (κ1) is 16.6. The third-order valence-corrected chi connectivity index (χ3v) is 6.35. The largest absolute Gasteiger partial charge is 0.341 e. The number of aromatic nitrogens is 2. The van der Waals surface area contributed by atoms with E-state index in [1.165, 1.54) is 12.8 Å². The second-order valence-electron chi connectivity index (χ2n) is 7.80. The summed E-state index contributed by atoms with van der Waals surface area (Å²) in [5.41, 5.74) is 0.112. The van der Waals surface area contributed by atoms with Gasteiger partial charge in [0.15, 0.2) is 0 Å². The van der Waals surface area contributed by atoms with Gasteiger partial charge >= 0.3 is 0 Å². The fraction of sp³-hybridized carbons (Fsp3) is 0.722. The molecular weight excluding hydrogens is 318 g/mol. The Morgan fingerprint density at radius 3 is 2.84 bits per heavy atom. The predicted octanol–water partition coefficient (Wildman–Crippen LogP) is 0.816. The fourth-order valence-corrected chi connectivity index (χ4v) is 4.71. The van der Waals surface area contributed by atoms with Gasteiger partial charge in [0, 0.05) is 38.9 Å². The number of amides is 2. The third kappa shape index (κ3) is 2.84. The van der Waals surface area contributed by atoms with Gasteiger partial charge in [-0.2, -0.15) is 5.10 Å². The highest BCUT2D eigenvalue weighted by atomic mass is 16.2. The Morgan fingerprint density at radius 2 is 2.12 bits per heavy atom. The molecule has 0 radical (unpaired) electrons. The number of aromatic amines is 1. The Kier molecular flexibility index (Phi) is 4.27. The maximum atomic E-state index is 13.1. The summed E-state index contributed by atoms with van der Waals surface area (Å²) in [5, 5.41) is 6.60. The van der Waals surface area contributed by atoms with Crippen molar-refractivity contribution in [3.63, 3.8) is 0 Å². The normalized spacial score (nSPS) is 30.1. The summed E-state index contributed by atoms with van der Waals surface area (Å²) >= 11 is 0. The highest BCUT2D eigenvalue weighted by Gasteiger charge is 2.55. The zero-order valence-electron chi connectivity index (χ0n) is 14.9. The molecule has 1 spiro atoms. The molecule has 3 fully saturated rings. The molecule has 3 aliphatic rings. The Balaban J connectivity index is 1.41. The molecule has 136 valence electrons. The van der Waals surface area contributed by atoms with E-state index >= 15 is 0 Å². The molecule has 4 rings (SSSR count). The molecule has 2 amide bonds. The molecule has 2 atom stereocenters. The first-order valence-electron chi connectivity index (χ1n) is 9.40. The summed E-state index contributed by atoms with van der Waals surface area (Å²) in [4.78, 5) is 32.0. The summed E-state index contributed by atoms with van der Waals surface area (Å²) in [6, 6.07) is 1.69. The van der Waals surface area contributed by atoms with E-state index < -0.39 is 0 Å². The van der Waals surface area contributed by atoms with Crippen LogP contribution in [0.5, 0.6) is 0 Å². The van der Waals surface area contributed by atoms with Gasteiger partial charge in [-0.25, -0.2) is 0 Å². The summed E-state index contributed by atoms with van der Waals surface area (Å²) < 4.78 is 0. The van der Waals surface area contributed by atoms with E-state index in [1.807, 2.05) is 9.80 Å². The lowest BCUT2D eigenvalue weighted by molar-refractivity contribution is -0.137. The van der Waals surface area contributed by atoms with Gasteiger partial charge in [0.05, 0.1) is 5.41 Å². The van der Waals surface area contributed by atoms with Gasteiger partial charge < -0.3 is 14.7 Å². The van der Waals surface area contributed by atoms with E-state index in [-0.39, 0.29) is 23.1 Å². The Hall–Kier alpha value is -1.89. The van der Waals surface area contributed by atoms with E-state index in [0.29, 0.717) is 18.8 Å². The molecule has 0 saturated carbocycles. The summed E-state index contributed by atoms with van der Waals surface area (Å²) in [7, 11) is 0. The molecule has 7 heteroatoms. The predicted molar refractivity (Wildman–Crippen MR) is 93.0 cm³/mol. The van der Waals surface area contributed by atoms with E-state index in [1.54, 1.807) is 12.3 Å². The molecule has 3 saturated heterocycles. The highest BCUT2D eigenvalue weighted by molar-refractivity contribution is 5.94. The minimum Gasteiger partial charge on any atom is -0.341 e. The van der Waals surface area contributed by atoms with Crippen LogP contribution in [0.25, 0.3) is 0 Å². The number of H-pyrrole nitrogens is 1.